The first-order chi connectivity index (χ1) is 6.70. The zero-order valence-electron chi connectivity index (χ0n) is 9.79. The summed E-state index contributed by atoms with van der Waals surface area (Å²) in [5.74, 6) is -0.375. The fourth-order valence-corrected chi connectivity index (χ4v) is 0.718. The molecule has 0 aliphatic carbocycles. The van der Waals surface area contributed by atoms with Crippen LogP contribution in [0, 0.1) is 6.92 Å². The van der Waals surface area contributed by atoms with Gasteiger partial charge in [-0.3, -0.25) is 4.79 Å². The minimum absolute atomic E-state index is 0. The lowest BCUT2D eigenvalue weighted by Crippen LogP contribution is -2.10. The molecule has 0 radical (unpaired) electrons. The Hall–Kier alpha value is -1.31. The lowest BCUT2D eigenvalue weighted by molar-refractivity contribution is 0.100. The molecular weight excluding hydrogens is 174 g/mol. The number of aryl methyl sites for hydroxylation is 1. The number of rotatable bonds is 1. The highest BCUT2D eigenvalue weighted by molar-refractivity contribution is 5.92. The second-order valence-electron chi connectivity index (χ2n) is 2.23. The predicted octanol–water partition coefficient (Wildman–Crippen LogP) is 3.39. The van der Waals surface area contributed by atoms with E-state index in [0.29, 0.717) is 5.56 Å². The normalized spacial score (nSPS) is 7.50. The van der Waals surface area contributed by atoms with Crippen molar-refractivity contribution in [1.82, 2.24) is 0 Å². The average molecular weight is 197 g/mol. The van der Waals surface area contributed by atoms with E-state index in [2.05, 4.69) is 0 Å². The summed E-state index contributed by atoms with van der Waals surface area (Å²) in [5.41, 5.74) is 6.72. The lowest BCUT2D eigenvalue weighted by atomic mass is 10.1. The number of amides is 1. The van der Waals surface area contributed by atoms with Crippen LogP contribution in [-0.2, 0) is 0 Å². The molecule has 0 saturated heterocycles. The van der Waals surface area contributed by atoms with E-state index in [1.54, 1.807) is 12.1 Å². The number of hydrogen-bond acceptors (Lipinski definition) is 1. The van der Waals surface area contributed by atoms with Crippen LogP contribution in [0.4, 0.5) is 0 Å². The molecule has 0 unspecified atom stereocenters. The van der Waals surface area contributed by atoms with E-state index in [9.17, 15) is 4.79 Å². The molecule has 2 heteroatoms. The molecule has 0 aliphatic heterocycles. The number of carbonyl (C=O) groups is 1. The molecule has 2 N–H and O–H groups in total. The molecule has 0 aliphatic rings. The molecule has 82 valence electrons. The Morgan fingerprint density at radius 2 is 1.43 bits per heavy atom. The third-order valence-electron chi connectivity index (χ3n) is 1.34. The molecule has 0 spiro atoms. The van der Waals surface area contributed by atoms with E-state index >= 15 is 0 Å². The minimum atomic E-state index is -0.375. The van der Waals surface area contributed by atoms with Crippen LogP contribution < -0.4 is 5.73 Å². The van der Waals surface area contributed by atoms with Gasteiger partial charge in [0.2, 0.25) is 5.91 Å². The number of carbonyl (C=O) groups excluding carboxylic acids is 1. The van der Waals surface area contributed by atoms with Crippen molar-refractivity contribution in [3.05, 3.63) is 35.4 Å². The topological polar surface area (TPSA) is 43.1 Å². The highest BCUT2D eigenvalue weighted by Gasteiger charge is 1.95. The maximum absolute atomic E-state index is 10.5. The van der Waals surface area contributed by atoms with Gasteiger partial charge in [0.05, 0.1) is 0 Å². The van der Waals surface area contributed by atoms with Gasteiger partial charge >= 0.3 is 0 Å². The molecule has 0 heterocycles. The maximum Gasteiger partial charge on any atom is 0.248 e. The van der Waals surface area contributed by atoms with Crippen LogP contribution in [0.15, 0.2) is 24.3 Å². The first-order valence-corrected chi connectivity index (χ1v) is 5.06. The predicted molar refractivity (Wildman–Crippen MR) is 64.5 cm³/mol. The third-order valence-corrected chi connectivity index (χ3v) is 1.34. The number of primary amides is 1. The Bertz CT molecular complexity index is 244. The molecular formula is C12H23NO. The van der Waals surface area contributed by atoms with Crippen molar-refractivity contribution in [2.24, 2.45) is 5.73 Å². The van der Waals surface area contributed by atoms with Crippen molar-refractivity contribution in [3.63, 3.8) is 0 Å². The lowest BCUT2D eigenvalue weighted by Gasteiger charge is -1.93. The van der Waals surface area contributed by atoms with Gasteiger partial charge in [-0.15, -0.1) is 0 Å². The van der Waals surface area contributed by atoms with Crippen molar-refractivity contribution in [3.8, 4) is 0 Å². The number of hydrogen-bond donors (Lipinski definition) is 1. The second-order valence-corrected chi connectivity index (χ2v) is 2.23. The molecule has 14 heavy (non-hydrogen) atoms. The molecule has 1 aromatic carbocycles. The highest BCUT2D eigenvalue weighted by Crippen LogP contribution is 2.00. The van der Waals surface area contributed by atoms with Gasteiger partial charge in [0.25, 0.3) is 0 Å². The summed E-state index contributed by atoms with van der Waals surface area (Å²) >= 11 is 0. The van der Waals surface area contributed by atoms with E-state index in [1.165, 1.54) is 0 Å². The fraction of sp³-hybridized carbons (Fsp3) is 0.417. The fourth-order valence-electron chi connectivity index (χ4n) is 0.718. The molecule has 0 bridgehead atoms. The Morgan fingerprint density at radius 1 is 1.07 bits per heavy atom. The van der Waals surface area contributed by atoms with Crippen LogP contribution in [0.3, 0.4) is 0 Å². The Morgan fingerprint density at radius 3 is 1.71 bits per heavy atom. The summed E-state index contributed by atoms with van der Waals surface area (Å²) in [4.78, 5) is 10.5. The van der Waals surface area contributed by atoms with Crippen LogP contribution in [0.5, 0.6) is 0 Å². The van der Waals surface area contributed by atoms with Crippen molar-refractivity contribution < 1.29 is 6.22 Å². The molecule has 1 aromatic rings. The summed E-state index contributed by atoms with van der Waals surface area (Å²) in [6, 6.07) is 7.16. The third kappa shape index (κ3) is 6.23. The van der Waals surface area contributed by atoms with Gasteiger partial charge in [-0.25, -0.2) is 0 Å². The Balaban J connectivity index is -0.000000258. The zero-order chi connectivity index (χ0) is 11.6. The van der Waals surface area contributed by atoms with Crippen molar-refractivity contribution >= 4 is 5.91 Å². The first-order valence-electron chi connectivity index (χ1n) is 5.06. The van der Waals surface area contributed by atoms with Crippen LogP contribution in [0.25, 0.3) is 0 Å². The van der Waals surface area contributed by atoms with Gasteiger partial charge in [0.1, 0.15) is 0 Å². The average Bonchev–Trinajstić information content (AvgIpc) is 2.24. The quantitative estimate of drug-likeness (QED) is 0.736. The molecule has 0 fully saturated rings. The highest BCUT2D eigenvalue weighted by atomic mass is 16.1. The largest absolute Gasteiger partial charge is 0.366 e. The summed E-state index contributed by atoms with van der Waals surface area (Å²) in [5, 5.41) is 0. The van der Waals surface area contributed by atoms with E-state index < -0.39 is 0 Å². The van der Waals surface area contributed by atoms with Crippen molar-refractivity contribution in [1.29, 1.82) is 0 Å². The van der Waals surface area contributed by atoms with E-state index in [0.717, 1.165) is 5.56 Å². The van der Waals surface area contributed by atoms with Crippen molar-refractivity contribution in [2.75, 3.05) is 0 Å². The molecule has 0 saturated carbocycles. The first kappa shape index (κ1) is 15.2. The smallest absolute Gasteiger partial charge is 0.248 e. The van der Waals surface area contributed by atoms with Gasteiger partial charge in [-0.1, -0.05) is 45.4 Å². The van der Waals surface area contributed by atoms with Crippen LogP contribution >= 0.6 is 0 Å². The summed E-state index contributed by atoms with van der Waals surface area (Å²) in [6.07, 6.45) is 0. The minimum Gasteiger partial charge on any atom is -0.366 e. The molecule has 2 nitrogen and oxygen atoms in total. The molecule has 0 aromatic heterocycles. The van der Waals surface area contributed by atoms with Crippen molar-refractivity contribution in [2.45, 2.75) is 34.6 Å². The number of nitrogens with two attached hydrogens (primary N) is 1. The summed E-state index contributed by atoms with van der Waals surface area (Å²) in [7, 11) is 0. The molecule has 0 atom stereocenters. The van der Waals surface area contributed by atoms with E-state index in [4.69, 9.17) is 5.73 Å². The Kier molecular flexibility index (Phi) is 10.6. The second kappa shape index (κ2) is 9.78. The van der Waals surface area contributed by atoms with Gasteiger partial charge < -0.3 is 5.73 Å². The monoisotopic (exact) mass is 197 g/mol. The van der Waals surface area contributed by atoms with Crippen LogP contribution in [0.2, 0.25) is 0 Å². The molecule has 1 rings (SSSR count). The Labute approximate surface area is 88.6 Å². The summed E-state index contributed by atoms with van der Waals surface area (Å²) < 4.78 is 0. The van der Waals surface area contributed by atoms with Crippen LogP contribution in [0.1, 0.15) is 45.0 Å². The van der Waals surface area contributed by atoms with Crippen LogP contribution in [-0.4, -0.2) is 5.91 Å². The van der Waals surface area contributed by atoms with E-state index in [1.807, 2.05) is 46.8 Å². The SMILES string of the molecule is CC.CC.Cc1ccc(C(N)=O)cc1.[HH]. The van der Waals surface area contributed by atoms with Gasteiger partial charge in [0.15, 0.2) is 0 Å². The number of benzene rings is 1. The molecule has 1 amide bonds. The van der Waals surface area contributed by atoms with Gasteiger partial charge in [-0.05, 0) is 19.1 Å². The maximum atomic E-state index is 10.5. The van der Waals surface area contributed by atoms with E-state index in [-0.39, 0.29) is 7.33 Å². The standard InChI is InChI=1S/C8H9NO.2C2H6.H2/c1-6-2-4-7(5-3-6)8(9)10;2*1-2;/h2-5H,1H3,(H2,9,10);2*1-2H3;1H. The zero-order valence-corrected chi connectivity index (χ0v) is 9.79. The summed E-state index contributed by atoms with van der Waals surface area (Å²) in [6.45, 7) is 9.96. The van der Waals surface area contributed by atoms with Gasteiger partial charge in [0, 0.05) is 6.99 Å². The van der Waals surface area contributed by atoms with Gasteiger partial charge in [-0.2, -0.15) is 0 Å².